The number of hydrogen-bond donors (Lipinski definition) is 1. The van der Waals surface area contributed by atoms with E-state index in [1.165, 1.54) is 0 Å². The molecule has 104 valence electrons. The molecule has 1 aliphatic heterocycles. The van der Waals surface area contributed by atoms with Crippen molar-refractivity contribution in [1.29, 1.82) is 0 Å². The molecule has 1 fully saturated rings. The minimum Gasteiger partial charge on any atom is -0.496 e. The number of carbonyl (C=O) groups excluding carboxylic acids is 1. The molecule has 0 unspecified atom stereocenters. The van der Waals surface area contributed by atoms with Gasteiger partial charge in [0.25, 0.3) is 0 Å². The van der Waals surface area contributed by atoms with Crippen molar-refractivity contribution < 1.29 is 14.3 Å². The van der Waals surface area contributed by atoms with Crippen LogP contribution in [0.1, 0.15) is 25.3 Å². The van der Waals surface area contributed by atoms with Gasteiger partial charge in [-0.1, -0.05) is 18.2 Å². The van der Waals surface area contributed by atoms with E-state index in [-0.39, 0.29) is 18.1 Å². The fraction of sp³-hybridized carbons (Fsp3) is 0.533. The van der Waals surface area contributed by atoms with E-state index in [1.54, 1.807) is 7.11 Å². The molecule has 2 rings (SSSR count). The van der Waals surface area contributed by atoms with Gasteiger partial charge in [-0.3, -0.25) is 4.79 Å². The first kappa shape index (κ1) is 13.9. The zero-order valence-corrected chi connectivity index (χ0v) is 11.5. The Morgan fingerprint density at radius 2 is 2.32 bits per heavy atom. The van der Waals surface area contributed by atoms with Crippen molar-refractivity contribution in [3.63, 3.8) is 0 Å². The van der Waals surface area contributed by atoms with Gasteiger partial charge in [-0.15, -0.1) is 0 Å². The zero-order valence-electron chi connectivity index (χ0n) is 11.5. The quantitative estimate of drug-likeness (QED) is 0.883. The van der Waals surface area contributed by atoms with Crippen molar-refractivity contribution in [3.8, 4) is 5.75 Å². The van der Waals surface area contributed by atoms with E-state index in [4.69, 9.17) is 9.47 Å². The number of methoxy groups -OCH3 is 1. The van der Waals surface area contributed by atoms with Gasteiger partial charge < -0.3 is 14.8 Å². The normalized spacial score (nSPS) is 20.0. The topological polar surface area (TPSA) is 47.6 Å². The maximum atomic E-state index is 12.0. The molecule has 1 heterocycles. The maximum absolute atomic E-state index is 12.0. The van der Waals surface area contributed by atoms with Crippen LogP contribution >= 0.6 is 0 Å². The van der Waals surface area contributed by atoms with E-state index in [0.717, 1.165) is 30.8 Å². The molecule has 2 atom stereocenters. The van der Waals surface area contributed by atoms with Crippen molar-refractivity contribution in [2.45, 2.75) is 38.3 Å². The van der Waals surface area contributed by atoms with Crippen LogP contribution in [0.3, 0.4) is 0 Å². The highest BCUT2D eigenvalue weighted by atomic mass is 16.5. The monoisotopic (exact) mass is 263 g/mol. The van der Waals surface area contributed by atoms with Crippen LogP contribution in [0.5, 0.6) is 5.75 Å². The van der Waals surface area contributed by atoms with Gasteiger partial charge in [0.1, 0.15) is 5.75 Å². The summed E-state index contributed by atoms with van der Waals surface area (Å²) in [6.45, 7) is 2.80. The van der Waals surface area contributed by atoms with E-state index in [1.807, 2.05) is 31.2 Å². The zero-order chi connectivity index (χ0) is 13.7. The van der Waals surface area contributed by atoms with E-state index in [2.05, 4.69) is 5.32 Å². The molecule has 0 bridgehead atoms. The van der Waals surface area contributed by atoms with Gasteiger partial charge in [-0.05, 0) is 25.8 Å². The second kappa shape index (κ2) is 6.57. The Labute approximate surface area is 114 Å². The van der Waals surface area contributed by atoms with Gasteiger partial charge in [0, 0.05) is 12.2 Å². The van der Waals surface area contributed by atoms with Crippen LogP contribution in [0.15, 0.2) is 24.3 Å². The van der Waals surface area contributed by atoms with Gasteiger partial charge in [-0.25, -0.2) is 0 Å². The van der Waals surface area contributed by atoms with Crippen LogP contribution in [-0.4, -0.2) is 31.8 Å². The maximum Gasteiger partial charge on any atom is 0.224 e. The SMILES string of the molecule is COc1ccccc1CC(=O)N[C@H](C)[C@H]1CCCO1. The summed E-state index contributed by atoms with van der Waals surface area (Å²) in [6.07, 6.45) is 2.59. The minimum atomic E-state index is 0.00694. The summed E-state index contributed by atoms with van der Waals surface area (Å²) < 4.78 is 10.8. The molecule has 1 saturated heterocycles. The highest BCUT2D eigenvalue weighted by Gasteiger charge is 2.23. The van der Waals surface area contributed by atoms with Crippen LogP contribution in [0.4, 0.5) is 0 Å². The van der Waals surface area contributed by atoms with E-state index >= 15 is 0 Å². The molecular formula is C15H21NO3. The number of rotatable bonds is 5. The summed E-state index contributed by atoms with van der Waals surface area (Å²) in [6, 6.07) is 7.65. The van der Waals surface area contributed by atoms with Crippen molar-refractivity contribution in [1.82, 2.24) is 5.32 Å². The Morgan fingerprint density at radius 1 is 1.53 bits per heavy atom. The molecule has 19 heavy (non-hydrogen) atoms. The lowest BCUT2D eigenvalue weighted by Crippen LogP contribution is -2.41. The van der Waals surface area contributed by atoms with Crippen LogP contribution in [0.2, 0.25) is 0 Å². The predicted molar refractivity (Wildman–Crippen MR) is 73.3 cm³/mol. The number of amides is 1. The minimum absolute atomic E-state index is 0.00694. The van der Waals surface area contributed by atoms with Gasteiger partial charge in [0.15, 0.2) is 0 Å². The Morgan fingerprint density at radius 3 is 3.00 bits per heavy atom. The number of hydrogen-bond acceptors (Lipinski definition) is 3. The van der Waals surface area contributed by atoms with Crippen molar-refractivity contribution in [3.05, 3.63) is 29.8 Å². The smallest absolute Gasteiger partial charge is 0.224 e. The first-order chi connectivity index (χ1) is 9.20. The number of carbonyl (C=O) groups is 1. The highest BCUT2D eigenvalue weighted by Crippen LogP contribution is 2.18. The van der Waals surface area contributed by atoms with Crippen molar-refractivity contribution in [2.24, 2.45) is 0 Å². The number of benzene rings is 1. The lowest BCUT2D eigenvalue weighted by atomic mass is 10.1. The second-order valence-electron chi connectivity index (χ2n) is 4.90. The van der Waals surface area contributed by atoms with Crippen LogP contribution in [0.25, 0.3) is 0 Å². The average molecular weight is 263 g/mol. The Hall–Kier alpha value is -1.55. The fourth-order valence-corrected chi connectivity index (χ4v) is 2.42. The molecule has 1 amide bonds. The Bertz CT molecular complexity index is 427. The molecule has 4 heteroatoms. The van der Waals surface area contributed by atoms with E-state index in [0.29, 0.717) is 6.42 Å². The summed E-state index contributed by atoms with van der Waals surface area (Å²) >= 11 is 0. The standard InChI is InChI=1S/C15H21NO3/c1-11(13-8-5-9-19-13)16-15(17)10-12-6-3-4-7-14(12)18-2/h3-4,6-7,11,13H,5,8-10H2,1-2H3,(H,16,17)/t11-,13-/m1/s1. The summed E-state index contributed by atoms with van der Waals surface area (Å²) in [4.78, 5) is 12.0. The summed E-state index contributed by atoms with van der Waals surface area (Å²) in [7, 11) is 1.62. The molecule has 0 radical (unpaired) electrons. The first-order valence-corrected chi connectivity index (χ1v) is 6.73. The second-order valence-corrected chi connectivity index (χ2v) is 4.90. The van der Waals surface area contributed by atoms with Gasteiger partial charge >= 0.3 is 0 Å². The first-order valence-electron chi connectivity index (χ1n) is 6.73. The highest BCUT2D eigenvalue weighted by molar-refractivity contribution is 5.79. The molecule has 1 aliphatic rings. The summed E-state index contributed by atoms with van der Waals surface area (Å²) in [5.41, 5.74) is 0.905. The molecule has 1 N–H and O–H groups in total. The van der Waals surface area contributed by atoms with Gasteiger partial charge in [-0.2, -0.15) is 0 Å². The number of ether oxygens (including phenoxy) is 2. The molecular weight excluding hydrogens is 242 g/mol. The number of para-hydroxylation sites is 1. The fourth-order valence-electron chi connectivity index (χ4n) is 2.42. The lowest BCUT2D eigenvalue weighted by Gasteiger charge is -2.20. The molecule has 0 aliphatic carbocycles. The number of nitrogens with one attached hydrogen (secondary N) is 1. The van der Waals surface area contributed by atoms with Crippen LogP contribution < -0.4 is 10.1 Å². The molecule has 4 nitrogen and oxygen atoms in total. The largest absolute Gasteiger partial charge is 0.496 e. The third kappa shape index (κ3) is 3.70. The van der Waals surface area contributed by atoms with Crippen LogP contribution in [-0.2, 0) is 16.0 Å². The van der Waals surface area contributed by atoms with Crippen molar-refractivity contribution >= 4 is 5.91 Å². The van der Waals surface area contributed by atoms with Gasteiger partial charge in [0.2, 0.25) is 5.91 Å². The molecule has 0 aromatic heterocycles. The van der Waals surface area contributed by atoms with Gasteiger partial charge in [0.05, 0.1) is 25.7 Å². The van der Waals surface area contributed by atoms with Crippen LogP contribution in [0, 0.1) is 0 Å². The van der Waals surface area contributed by atoms with E-state index < -0.39 is 0 Å². The average Bonchev–Trinajstić information content (AvgIpc) is 2.93. The lowest BCUT2D eigenvalue weighted by molar-refractivity contribution is -0.121. The molecule has 0 spiro atoms. The predicted octanol–water partition coefficient (Wildman–Crippen LogP) is 1.92. The Balaban J connectivity index is 1.89. The Kier molecular flexibility index (Phi) is 4.80. The summed E-state index contributed by atoms with van der Waals surface area (Å²) in [5, 5.41) is 3.00. The molecule has 0 saturated carbocycles. The van der Waals surface area contributed by atoms with Crippen molar-refractivity contribution in [2.75, 3.05) is 13.7 Å². The third-order valence-corrected chi connectivity index (χ3v) is 3.45. The molecule has 1 aromatic carbocycles. The summed E-state index contributed by atoms with van der Waals surface area (Å²) in [5.74, 6) is 0.759. The third-order valence-electron chi connectivity index (χ3n) is 3.45. The molecule has 1 aromatic rings. The van der Waals surface area contributed by atoms with E-state index in [9.17, 15) is 4.79 Å².